The molecule has 0 aliphatic heterocycles. The molecular weight excluding hydrogens is 286 g/mol. The number of aryl methyl sites for hydroxylation is 1. The Morgan fingerprint density at radius 1 is 1.00 bits per heavy atom. The maximum Gasteiger partial charge on any atom is 0.264 e. The lowest BCUT2D eigenvalue weighted by Crippen LogP contribution is -2.32. The SMILES string of the molecule is Cc1ccc(S(=O)(=O)N(CCC=O)c2ccccc2)cc1. The summed E-state index contributed by atoms with van der Waals surface area (Å²) in [7, 11) is -3.67. The summed E-state index contributed by atoms with van der Waals surface area (Å²) in [6.45, 7) is 2.03. The van der Waals surface area contributed by atoms with Crippen LogP contribution in [0.3, 0.4) is 0 Å². The van der Waals surface area contributed by atoms with Gasteiger partial charge in [-0.3, -0.25) is 4.31 Å². The van der Waals surface area contributed by atoms with Crippen molar-refractivity contribution in [3.8, 4) is 0 Å². The first-order valence-corrected chi connectivity index (χ1v) is 8.08. The third-order valence-corrected chi connectivity index (χ3v) is 4.94. The van der Waals surface area contributed by atoms with E-state index in [4.69, 9.17) is 0 Å². The van der Waals surface area contributed by atoms with Crippen molar-refractivity contribution in [1.29, 1.82) is 0 Å². The molecule has 0 spiro atoms. The molecule has 0 aliphatic carbocycles. The van der Waals surface area contributed by atoms with E-state index in [9.17, 15) is 13.2 Å². The van der Waals surface area contributed by atoms with Gasteiger partial charge in [0.25, 0.3) is 10.0 Å². The lowest BCUT2D eigenvalue weighted by Gasteiger charge is -2.23. The zero-order chi connectivity index (χ0) is 15.3. The highest BCUT2D eigenvalue weighted by atomic mass is 32.2. The van der Waals surface area contributed by atoms with Gasteiger partial charge in [0.1, 0.15) is 6.29 Å². The van der Waals surface area contributed by atoms with E-state index in [1.165, 1.54) is 4.31 Å². The van der Waals surface area contributed by atoms with Gasteiger partial charge in [-0.05, 0) is 31.2 Å². The number of nitrogens with zero attached hydrogens (tertiary/aromatic N) is 1. The molecule has 0 fully saturated rings. The van der Waals surface area contributed by atoms with E-state index in [0.717, 1.165) is 11.8 Å². The molecule has 0 atom stereocenters. The summed E-state index contributed by atoms with van der Waals surface area (Å²) in [5, 5.41) is 0. The number of anilines is 1. The molecule has 110 valence electrons. The van der Waals surface area contributed by atoms with Gasteiger partial charge in [-0.25, -0.2) is 8.42 Å². The summed E-state index contributed by atoms with van der Waals surface area (Å²) in [5.41, 5.74) is 1.55. The van der Waals surface area contributed by atoms with E-state index in [-0.39, 0.29) is 17.9 Å². The molecule has 0 N–H and O–H groups in total. The Kier molecular flexibility index (Phi) is 4.75. The smallest absolute Gasteiger partial charge is 0.264 e. The van der Waals surface area contributed by atoms with Gasteiger partial charge < -0.3 is 4.79 Å². The number of benzene rings is 2. The van der Waals surface area contributed by atoms with Gasteiger partial charge in [-0.2, -0.15) is 0 Å². The summed E-state index contributed by atoms with van der Waals surface area (Å²) in [5.74, 6) is 0. The highest BCUT2D eigenvalue weighted by Crippen LogP contribution is 2.23. The molecule has 0 aliphatic rings. The molecule has 0 saturated heterocycles. The van der Waals surface area contributed by atoms with Crippen LogP contribution in [-0.4, -0.2) is 21.2 Å². The number of hydrogen-bond acceptors (Lipinski definition) is 3. The van der Waals surface area contributed by atoms with Crippen molar-refractivity contribution in [3.05, 3.63) is 60.2 Å². The van der Waals surface area contributed by atoms with Gasteiger partial charge >= 0.3 is 0 Å². The number of carbonyl (C=O) groups excluding carboxylic acids is 1. The van der Waals surface area contributed by atoms with Gasteiger partial charge in [0.15, 0.2) is 0 Å². The van der Waals surface area contributed by atoms with Crippen LogP contribution in [0, 0.1) is 6.92 Å². The quantitative estimate of drug-likeness (QED) is 0.771. The predicted octanol–water partition coefficient (Wildman–Crippen LogP) is 2.78. The topological polar surface area (TPSA) is 54.5 Å². The van der Waals surface area contributed by atoms with Crippen molar-refractivity contribution in [3.63, 3.8) is 0 Å². The molecule has 0 amide bonds. The van der Waals surface area contributed by atoms with Crippen LogP contribution in [0.2, 0.25) is 0 Å². The zero-order valence-corrected chi connectivity index (χ0v) is 12.6. The molecule has 2 aromatic carbocycles. The van der Waals surface area contributed by atoms with E-state index in [1.807, 2.05) is 13.0 Å². The molecule has 0 bridgehead atoms. The van der Waals surface area contributed by atoms with E-state index in [2.05, 4.69) is 0 Å². The standard InChI is InChI=1S/C16H17NO3S/c1-14-8-10-16(11-9-14)21(19,20)17(12-5-13-18)15-6-3-2-4-7-15/h2-4,6-11,13H,5,12H2,1H3. The van der Waals surface area contributed by atoms with Crippen molar-refractivity contribution >= 4 is 22.0 Å². The maximum absolute atomic E-state index is 12.8. The zero-order valence-electron chi connectivity index (χ0n) is 11.8. The molecule has 5 heteroatoms. The summed E-state index contributed by atoms with van der Waals surface area (Å²) in [4.78, 5) is 10.9. The molecule has 0 unspecified atom stereocenters. The van der Waals surface area contributed by atoms with E-state index >= 15 is 0 Å². The third kappa shape index (κ3) is 3.49. The van der Waals surface area contributed by atoms with Crippen LogP contribution < -0.4 is 4.31 Å². The average molecular weight is 303 g/mol. The minimum atomic E-state index is -3.67. The van der Waals surface area contributed by atoms with Gasteiger partial charge in [0, 0.05) is 13.0 Å². The summed E-state index contributed by atoms with van der Waals surface area (Å²) >= 11 is 0. The molecule has 0 aromatic heterocycles. The normalized spacial score (nSPS) is 11.1. The first kappa shape index (κ1) is 15.3. The molecular formula is C16H17NO3S. The minimum Gasteiger partial charge on any atom is -0.303 e. The van der Waals surface area contributed by atoms with Gasteiger partial charge in [0.05, 0.1) is 10.6 Å². The van der Waals surface area contributed by atoms with Crippen molar-refractivity contribution in [1.82, 2.24) is 0 Å². The summed E-state index contributed by atoms with van der Waals surface area (Å²) in [6.07, 6.45) is 0.876. The second kappa shape index (κ2) is 6.54. The second-order valence-corrected chi connectivity index (χ2v) is 6.54. The number of para-hydroxylation sites is 1. The third-order valence-electron chi connectivity index (χ3n) is 3.10. The van der Waals surface area contributed by atoms with Crippen LogP contribution in [0.5, 0.6) is 0 Å². The predicted molar refractivity (Wildman–Crippen MR) is 82.8 cm³/mol. The van der Waals surface area contributed by atoms with E-state index < -0.39 is 10.0 Å². The monoisotopic (exact) mass is 303 g/mol. The van der Waals surface area contributed by atoms with Crippen LogP contribution in [0.15, 0.2) is 59.5 Å². The first-order valence-electron chi connectivity index (χ1n) is 6.64. The summed E-state index contributed by atoms with van der Waals surface area (Å²) in [6, 6.07) is 15.5. The van der Waals surface area contributed by atoms with Gasteiger partial charge in [0.2, 0.25) is 0 Å². The average Bonchev–Trinajstić information content (AvgIpc) is 2.49. The van der Waals surface area contributed by atoms with Crippen LogP contribution in [0.4, 0.5) is 5.69 Å². The van der Waals surface area contributed by atoms with Gasteiger partial charge in [-0.1, -0.05) is 35.9 Å². The highest BCUT2D eigenvalue weighted by Gasteiger charge is 2.24. The summed E-state index contributed by atoms with van der Waals surface area (Å²) < 4.78 is 26.8. The first-order chi connectivity index (χ1) is 10.1. The minimum absolute atomic E-state index is 0.129. The molecule has 4 nitrogen and oxygen atoms in total. The fourth-order valence-corrected chi connectivity index (χ4v) is 3.47. The Bertz CT molecular complexity index is 694. The van der Waals surface area contributed by atoms with Crippen LogP contribution >= 0.6 is 0 Å². The van der Waals surface area contributed by atoms with Crippen molar-refractivity contribution in [2.24, 2.45) is 0 Å². The van der Waals surface area contributed by atoms with Gasteiger partial charge in [-0.15, -0.1) is 0 Å². The van der Waals surface area contributed by atoms with Crippen molar-refractivity contribution in [2.45, 2.75) is 18.2 Å². The largest absolute Gasteiger partial charge is 0.303 e. The Labute approximate surface area is 125 Å². The fraction of sp³-hybridized carbons (Fsp3) is 0.188. The molecule has 0 saturated carbocycles. The lowest BCUT2D eigenvalue weighted by molar-refractivity contribution is -0.107. The number of aldehydes is 1. The molecule has 21 heavy (non-hydrogen) atoms. The maximum atomic E-state index is 12.8. The lowest BCUT2D eigenvalue weighted by atomic mass is 10.2. The number of rotatable bonds is 6. The molecule has 0 radical (unpaired) electrons. The van der Waals surface area contributed by atoms with Crippen molar-refractivity contribution in [2.75, 3.05) is 10.8 Å². The van der Waals surface area contributed by atoms with Crippen molar-refractivity contribution < 1.29 is 13.2 Å². The van der Waals surface area contributed by atoms with Crippen LogP contribution in [0.25, 0.3) is 0 Å². The number of sulfonamides is 1. The highest BCUT2D eigenvalue weighted by molar-refractivity contribution is 7.92. The number of hydrogen-bond donors (Lipinski definition) is 0. The molecule has 0 heterocycles. The fourth-order valence-electron chi connectivity index (χ4n) is 1.99. The van der Waals surface area contributed by atoms with E-state index in [1.54, 1.807) is 48.5 Å². The second-order valence-electron chi connectivity index (χ2n) is 4.68. The Balaban J connectivity index is 2.44. The number of carbonyl (C=O) groups is 1. The van der Waals surface area contributed by atoms with E-state index in [0.29, 0.717) is 5.69 Å². The molecule has 2 rings (SSSR count). The Hall–Kier alpha value is -2.14. The Morgan fingerprint density at radius 3 is 2.19 bits per heavy atom. The Morgan fingerprint density at radius 2 is 1.62 bits per heavy atom. The van der Waals surface area contributed by atoms with Crippen LogP contribution in [0.1, 0.15) is 12.0 Å². The van der Waals surface area contributed by atoms with Crippen LogP contribution in [-0.2, 0) is 14.8 Å². The molecule has 2 aromatic rings.